The summed E-state index contributed by atoms with van der Waals surface area (Å²) in [6.07, 6.45) is 0. The molecule has 29 heavy (non-hydrogen) atoms. The van der Waals surface area contributed by atoms with E-state index in [2.05, 4.69) is 22.3 Å². The second kappa shape index (κ2) is 10.8. The van der Waals surface area contributed by atoms with E-state index in [-0.39, 0.29) is 18.6 Å². The maximum atomic E-state index is 12.3. The van der Waals surface area contributed by atoms with Gasteiger partial charge in [0.25, 0.3) is 5.91 Å². The first kappa shape index (κ1) is 21.1. The van der Waals surface area contributed by atoms with Crippen LogP contribution in [0.4, 0.5) is 0 Å². The molecule has 0 aromatic heterocycles. The van der Waals surface area contributed by atoms with Crippen LogP contribution in [0.5, 0.6) is 11.5 Å². The van der Waals surface area contributed by atoms with Crippen molar-refractivity contribution in [2.75, 3.05) is 46.1 Å². The van der Waals surface area contributed by atoms with Gasteiger partial charge in [-0.1, -0.05) is 29.8 Å². The Morgan fingerprint density at radius 2 is 1.66 bits per heavy atom. The molecule has 6 nitrogen and oxygen atoms in total. The first-order chi connectivity index (χ1) is 14.2. The molecule has 2 aromatic rings. The summed E-state index contributed by atoms with van der Waals surface area (Å²) in [5, 5.41) is 3.02. The van der Waals surface area contributed by atoms with Gasteiger partial charge >= 0.3 is 0 Å². The number of hydrogen-bond donors (Lipinski definition) is 1. The van der Waals surface area contributed by atoms with Crippen LogP contribution in [0.1, 0.15) is 24.1 Å². The molecule has 1 saturated heterocycles. The Morgan fingerprint density at radius 1 is 1.03 bits per heavy atom. The van der Waals surface area contributed by atoms with Crippen LogP contribution < -0.4 is 14.8 Å². The Kier molecular flexibility index (Phi) is 7.90. The van der Waals surface area contributed by atoms with E-state index in [4.69, 9.17) is 14.2 Å². The lowest BCUT2D eigenvalue weighted by Crippen LogP contribution is -2.44. The van der Waals surface area contributed by atoms with Gasteiger partial charge in [-0.3, -0.25) is 9.69 Å². The number of morpholine rings is 1. The topological polar surface area (TPSA) is 60.0 Å². The number of nitrogens with zero attached hydrogens (tertiary/aromatic N) is 1. The lowest BCUT2D eigenvalue weighted by atomic mass is 10.0. The molecule has 156 valence electrons. The minimum Gasteiger partial charge on any atom is -0.494 e. The molecule has 0 radical (unpaired) electrons. The van der Waals surface area contributed by atoms with Crippen molar-refractivity contribution in [2.45, 2.75) is 19.9 Å². The van der Waals surface area contributed by atoms with Crippen LogP contribution in [-0.4, -0.2) is 56.9 Å². The first-order valence-corrected chi connectivity index (χ1v) is 10.2. The SMILES string of the molecule is CCOc1ccc(C(CNC(=O)COc2ccc(C)cc2)N2CCOCC2)cc1. The Hall–Kier alpha value is -2.57. The Bertz CT molecular complexity index is 755. The highest BCUT2D eigenvalue weighted by molar-refractivity contribution is 5.77. The molecule has 0 aliphatic carbocycles. The maximum absolute atomic E-state index is 12.3. The van der Waals surface area contributed by atoms with Gasteiger partial charge in [-0.2, -0.15) is 0 Å². The molecular weight excluding hydrogens is 368 g/mol. The number of nitrogens with one attached hydrogen (secondary N) is 1. The van der Waals surface area contributed by atoms with E-state index < -0.39 is 0 Å². The minimum absolute atomic E-state index is 0.00215. The first-order valence-electron chi connectivity index (χ1n) is 10.2. The van der Waals surface area contributed by atoms with Gasteiger partial charge < -0.3 is 19.5 Å². The van der Waals surface area contributed by atoms with Crippen molar-refractivity contribution in [1.29, 1.82) is 0 Å². The van der Waals surface area contributed by atoms with Crippen molar-refractivity contribution in [3.8, 4) is 11.5 Å². The summed E-state index contributed by atoms with van der Waals surface area (Å²) in [4.78, 5) is 14.7. The highest BCUT2D eigenvalue weighted by Gasteiger charge is 2.23. The summed E-state index contributed by atoms with van der Waals surface area (Å²) in [5.74, 6) is 1.42. The van der Waals surface area contributed by atoms with E-state index in [0.717, 1.165) is 30.0 Å². The van der Waals surface area contributed by atoms with E-state index in [0.29, 0.717) is 32.1 Å². The molecule has 2 aromatic carbocycles. The zero-order valence-corrected chi connectivity index (χ0v) is 17.2. The molecule has 1 heterocycles. The molecule has 1 aliphatic rings. The van der Waals surface area contributed by atoms with Crippen LogP contribution in [0.3, 0.4) is 0 Å². The number of hydrogen-bond acceptors (Lipinski definition) is 5. The van der Waals surface area contributed by atoms with Gasteiger partial charge in [0.05, 0.1) is 25.9 Å². The number of rotatable bonds is 9. The Morgan fingerprint density at radius 3 is 2.31 bits per heavy atom. The molecule has 1 atom stereocenters. The largest absolute Gasteiger partial charge is 0.494 e. The van der Waals surface area contributed by atoms with E-state index in [9.17, 15) is 4.79 Å². The van der Waals surface area contributed by atoms with E-state index in [1.54, 1.807) is 0 Å². The second-order valence-corrected chi connectivity index (χ2v) is 7.07. The van der Waals surface area contributed by atoms with E-state index >= 15 is 0 Å². The molecule has 1 aliphatic heterocycles. The molecule has 6 heteroatoms. The number of benzene rings is 2. The lowest BCUT2D eigenvalue weighted by Gasteiger charge is -2.35. The van der Waals surface area contributed by atoms with Crippen LogP contribution in [0.25, 0.3) is 0 Å². The fourth-order valence-corrected chi connectivity index (χ4v) is 3.34. The van der Waals surface area contributed by atoms with Gasteiger partial charge in [0.1, 0.15) is 11.5 Å². The monoisotopic (exact) mass is 398 g/mol. The van der Waals surface area contributed by atoms with Gasteiger partial charge in [0.2, 0.25) is 0 Å². The normalized spacial score (nSPS) is 15.5. The molecule has 1 amide bonds. The maximum Gasteiger partial charge on any atom is 0.258 e. The zero-order valence-electron chi connectivity index (χ0n) is 17.2. The van der Waals surface area contributed by atoms with Gasteiger partial charge in [0, 0.05) is 19.6 Å². The van der Waals surface area contributed by atoms with E-state index in [1.807, 2.05) is 50.2 Å². The predicted octanol–water partition coefficient (Wildman–Crippen LogP) is 2.96. The molecule has 0 spiro atoms. The van der Waals surface area contributed by atoms with Crippen LogP contribution >= 0.6 is 0 Å². The average Bonchev–Trinajstić information content (AvgIpc) is 2.75. The third-order valence-electron chi connectivity index (χ3n) is 4.95. The summed E-state index contributed by atoms with van der Waals surface area (Å²) in [5.41, 5.74) is 2.31. The molecular formula is C23H30N2O4. The minimum atomic E-state index is -0.130. The highest BCUT2D eigenvalue weighted by atomic mass is 16.5. The van der Waals surface area contributed by atoms with Crippen LogP contribution in [-0.2, 0) is 9.53 Å². The van der Waals surface area contributed by atoms with Crippen LogP contribution in [0, 0.1) is 6.92 Å². The molecule has 1 unspecified atom stereocenters. The summed E-state index contributed by atoms with van der Waals surface area (Å²) in [7, 11) is 0. The zero-order chi connectivity index (χ0) is 20.5. The number of ether oxygens (including phenoxy) is 3. The molecule has 1 N–H and O–H groups in total. The summed E-state index contributed by atoms with van der Waals surface area (Å²) in [6, 6.07) is 15.9. The van der Waals surface area contributed by atoms with Crippen molar-refractivity contribution in [3.05, 3.63) is 59.7 Å². The smallest absolute Gasteiger partial charge is 0.258 e. The Balaban J connectivity index is 1.58. The molecule has 0 bridgehead atoms. The van der Waals surface area contributed by atoms with Crippen molar-refractivity contribution < 1.29 is 19.0 Å². The molecule has 1 fully saturated rings. The van der Waals surface area contributed by atoms with Gasteiger partial charge in [-0.15, -0.1) is 0 Å². The van der Waals surface area contributed by atoms with Crippen molar-refractivity contribution in [3.63, 3.8) is 0 Å². The number of carbonyl (C=O) groups excluding carboxylic acids is 1. The predicted molar refractivity (Wildman–Crippen MR) is 112 cm³/mol. The van der Waals surface area contributed by atoms with Crippen molar-refractivity contribution in [1.82, 2.24) is 10.2 Å². The van der Waals surface area contributed by atoms with Crippen molar-refractivity contribution >= 4 is 5.91 Å². The Labute approximate surface area is 172 Å². The number of aryl methyl sites for hydroxylation is 1. The third kappa shape index (κ3) is 6.48. The summed E-state index contributed by atoms with van der Waals surface area (Å²) in [6.45, 7) is 8.24. The van der Waals surface area contributed by atoms with Gasteiger partial charge in [0.15, 0.2) is 6.61 Å². The molecule has 3 rings (SSSR count). The fourth-order valence-electron chi connectivity index (χ4n) is 3.34. The summed E-state index contributed by atoms with van der Waals surface area (Å²) >= 11 is 0. The number of carbonyl (C=O) groups is 1. The molecule has 0 saturated carbocycles. The van der Waals surface area contributed by atoms with Gasteiger partial charge in [-0.25, -0.2) is 0 Å². The third-order valence-corrected chi connectivity index (χ3v) is 4.95. The van der Waals surface area contributed by atoms with Crippen molar-refractivity contribution in [2.24, 2.45) is 0 Å². The highest BCUT2D eigenvalue weighted by Crippen LogP contribution is 2.24. The number of amides is 1. The lowest BCUT2D eigenvalue weighted by molar-refractivity contribution is -0.123. The quantitative estimate of drug-likeness (QED) is 0.704. The fraction of sp³-hybridized carbons (Fsp3) is 0.435. The van der Waals surface area contributed by atoms with Gasteiger partial charge in [-0.05, 0) is 43.7 Å². The van der Waals surface area contributed by atoms with Crippen LogP contribution in [0.15, 0.2) is 48.5 Å². The standard InChI is InChI=1S/C23H30N2O4/c1-3-28-20-10-6-19(7-11-20)22(25-12-14-27-15-13-25)16-24-23(26)17-29-21-8-4-18(2)5-9-21/h4-11,22H,3,12-17H2,1-2H3,(H,24,26). The second-order valence-electron chi connectivity index (χ2n) is 7.07. The van der Waals surface area contributed by atoms with Crippen LogP contribution in [0.2, 0.25) is 0 Å². The summed E-state index contributed by atoms with van der Waals surface area (Å²) < 4.78 is 16.6. The van der Waals surface area contributed by atoms with E-state index in [1.165, 1.54) is 0 Å². The average molecular weight is 399 g/mol.